The summed E-state index contributed by atoms with van der Waals surface area (Å²) >= 11 is 1.52. The van der Waals surface area contributed by atoms with Crippen LogP contribution in [-0.2, 0) is 16.0 Å². The summed E-state index contributed by atoms with van der Waals surface area (Å²) in [6.07, 6.45) is 1.36. The molecule has 0 aliphatic heterocycles. The highest BCUT2D eigenvalue weighted by Gasteiger charge is 2.03. The Hall–Kier alpha value is -1.14. The van der Waals surface area contributed by atoms with Crippen molar-refractivity contribution in [1.82, 2.24) is 5.32 Å². The Morgan fingerprint density at radius 1 is 1.33 bits per heavy atom. The molecule has 1 aromatic rings. The van der Waals surface area contributed by atoms with Crippen molar-refractivity contribution in [2.75, 3.05) is 31.2 Å². The van der Waals surface area contributed by atoms with Crippen LogP contribution in [0.25, 0.3) is 0 Å². The third-order valence-electron chi connectivity index (χ3n) is 2.76. The predicted molar refractivity (Wildman–Crippen MR) is 81.5 cm³/mol. The largest absolute Gasteiger partial charge is 0.465 e. The van der Waals surface area contributed by atoms with Gasteiger partial charge in [0, 0.05) is 18.4 Å². The quantitative estimate of drug-likeness (QED) is 0.532. The van der Waals surface area contributed by atoms with Crippen molar-refractivity contribution in [2.24, 2.45) is 0 Å². The highest BCUT2D eigenvalue weighted by molar-refractivity contribution is 7.99. The minimum atomic E-state index is -0.548. The fourth-order valence-corrected chi connectivity index (χ4v) is 2.44. The molecule has 0 saturated carbocycles. The van der Waals surface area contributed by atoms with Crippen LogP contribution in [-0.4, -0.2) is 37.2 Å². The van der Waals surface area contributed by atoms with Gasteiger partial charge in [-0.25, -0.2) is 8.78 Å². The molecule has 0 atom stereocenters. The van der Waals surface area contributed by atoms with Gasteiger partial charge in [-0.05, 0) is 37.9 Å². The minimum absolute atomic E-state index is 0.186. The lowest BCUT2D eigenvalue weighted by molar-refractivity contribution is -0.139. The van der Waals surface area contributed by atoms with Crippen LogP contribution >= 0.6 is 11.8 Å². The van der Waals surface area contributed by atoms with E-state index in [0.717, 1.165) is 31.3 Å². The van der Waals surface area contributed by atoms with E-state index in [1.165, 1.54) is 23.9 Å². The molecule has 0 bridgehead atoms. The molecule has 1 N–H and O–H groups in total. The van der Waals surface area contributed by atoms with Crippen molar-refractivity contribution in [3.8, 4) is 0 Å². The van der Waals surface area contributed by atoms with Gasteiger partial charge in [0.15, 0.2) is 0 Å². The number of aryl methyl sites for hydroxylation is 1. The number of benzene rings is 1. The minimum Gasteiger partial charge on any atom is -0.465 e. The molecule has 1 rings (SSSR count). The van der Waals surface area contributed by atoms with Crippen molar-refractivity contribution < 1.29 is 18.3 Å². The van der Waals surface area contributed by atoms with Gasteiger partial charge in [-0.1, -0.05) is 6.07 Å². The summed E-state index contributed by atoms with van der Waals surface area (Å²) in [4.78, 5) is 11.1. The average Bonchev–Trinajstić information content (AvgIpc) is 2.44. The lowest BCUT2D eigenvalue weighted by Crippen LogP contribution is -2.20. The van der Waals surface area contributed by atoms with Crippen LogP contribution in [0.3, 0.4) is 0 Å². The normalized spacial score (nSPS) is 10.6. The third kappa shape index (κ3) is 8.02. The number of carbonyl (C=O) groups is 1. The first-order valence-corrected chi connectivity index (χ1v) is 8.17. The van der Waals surface area contributed by atoms with Crippen LogP contribution in [0.15, 0.2) is 18.2 Å². The van der Waals surface area contributed by atoms with Gasteiger partial charge in [0.25, 0.3) is 0 Å². The maximum absolute atomic E-state index is 13.4. The van der Waals surface area contributed by atoms with Crippen molar-refractivity contribution in [3.05, 3.63) is 35.4 Å². The molecule has 0 aromatic heterocycles. The molecule has 3 nitrogen and oxygen atoms in total. The van der Waals surface area contributed by atoms with Gasteiger partial charge < -0.3 is 10.1 Å². The number of hydrogen-bond acceptors (Lipinski definition) is 4. The Morgan fingerprint density at radius 3 is 2.86 bits per heavy atom. The SMILES string of the molecule is CCOC(=O)CSCCNCCCc1ccc(F)cc1F. The third-order valence-corrected chi connectivity index (χ3v) is 3.70. The van der Waals surface area contributed by atoms with Gasteiger partial charge >= 0.3 is 5.97 Å². The molecule has 0 unspecified atom stereocenters. The number of esters is 1. The standard InChI is InChI=1S/C15H21F2NO2S/c1-2-20-15(19)11-21-9-8-18-7-3-4-12-5-6-13(16)10-14(12)17/h5-6,10,18H,2-4,7-9,11H2,1H3. The number of halogens is 2. The number of nitrogens with one attached hydrogen (secondary N) is 1. The lowest BCUT2D eigenvalue weighted by atomic mass is 10.1. The maximum Gasteiger partial charge on any atom is 0.315 e. The van der Waals surface area contributed by atoms with Crippen molar-refractivity contribution in [2.45, 2.75) is 19.8 Å². The summed E-state index contributed by atoms with van der Waals surface area (Å²) < 4.78 is 30.9. The van der Waals surface area contributed by atoms with E-state index in [1.807, 2.05) is 0 Å². The topological polar surface area (TPSA) is 38.3 Å². The van der Waals surface area contributed by atoms with Gasteiger partial charge in [0.2, 0.25) is 0 Å². The fraction of sp³-hybridized carbons (Fsp3) is 0.533. The van der Waals surface area contributed by atoms with E-state index in [9.17, 15) is 13.6 Å². The van der Waals surface area contributed by atoms with Crippen molar-refractivity contribution in [3.63, 3.8) is 0 Å². The Bertz CT molecular complexity index is 444. The molecular weight excluding hydrogens is 296 g/mol. The second kappa shape index (κ2) is 10.6. The summed E-state index contributed by atoms with van der Waals surface area (Å²) in [5, 5.41) is 3.22. The van der Waals surface area contributed by atoms with Crippen LogP contribution in [0.1, 0.15) is 18.9 Å². The summed E-state index contributed by atoms with van der Waals surface area (Å²) in [5.41, 5.74) is 0.537. The van der Waals surface area contributed by atoms with Gasteiger partial charge in [-0.3, -0.25) is 4.79 Å². The number of rotatable bonds is 10. The van der Waals surface area contributed by atoms with Crippen LogP contribution in [0.4, 0.5) is 8.78 Å². The lowest BCUT2D eigenvalue weighted by Gasteiger charge is -2.06. The van der Waals surface area contributed by atoms with Gasteiger partial charge in [0.05, 0.1) is 12.4 Å². The van der Waals surface area contributed by atoms with Crippen LogP contribution in [0.5, 0.6) is 0 Å². The number of thioether (sulfide) groups is 1. The molecule has 118 valence electrons. The van der Waals surface area contributed by atoms with Gasteiger partial charge in [0.1, 0.15) is 11.6 Å². The van der Waals surface area contributed by atoms with Crippen molar-refractivity contribution in [1.29, 1.82) is 0 Å². The Morgan fingerprint density at radius 2 is 2.14 bits per heavy atom. The van der Waals surface area contributed by atoms with Crippen LogP contribution in [0, 0.1) is 11.6 Å². The van der Waals surface area contributed by atoms with Crippen LogP contribution < -0.4 is 5.32 Å². The van der Waals surface area contributed by atoms with E-state index in [0.29, 0.717) is 24.3 Å². The summed E-state index contributed by atoms with van der Waals surface area (Å²) in [7, 11) is 0. The zero-order valence-electron chi connectivity index (χ0n) is 12.2. The second-order valence-electron chi connectivity index (χ2n) is 4.45. The highest BCUT2D eigenvalue weighted by Crippen LogP contribution is 2.11. The molecule has 0 amide bonds. The summed E-state index contributed by atoms with van der Waals surface area (Å²) in [5.74, 6) is -0.0256. The van der Waals surface area contributed by atoms with Crippen molar-refractivity contribution >= 4 is 17.7 Å². The van der Waals surface area contributed by atoms with E-state index in [2.05, 4.69) is 5.32 Å². The predicted octanol–water partition coefficient (Wildman–Crippen LogP) is 2.78. The number of carbonyl (C=O) groups excluding carboxylic acids is 1. The highest BCUT2D eigenvalue weighted by atomic mass is 32.2. The molecule has 0 aliphatic carbocycles. The van der Waals surface area contributed by atoms with Gasteiger partial charge in [-0.2, -0.15) is 0 Å². The Labute approximate surface area is 128 Å². The molecule has 0 radical (unpaired) electrons. The van der Waals surface area contributed by atoms with E-state index in [4.69, 9.17) is 4.74 Å². The van der Waals surface area contributed by atoms with Crippen LogP contribution in [0.2, 0.25) is 0 Å². The Kier molecular flexibility index (Phi) is 9.01. The summed E-state index contributed by atoms with van der Waals surface area (Å²) in [6.45, 7) is 3.75. The van der Waals surface area contributed by atoms with E-state index >= 15 is 0 Å². The second-order valence-corrected chi connectivity index (χ2v) is 5.55. The number of hydrogen-bond donors (Lipinski definition) is 1. The monoisotopic (exact) mass is 317 g/mol. The van der Waals surface area contributed by atoms with E-state index < -0.39 is 11.6 Å². The van der Waals surface area contributed by atoms with E-state index in [1.54, 1.807) is 6.92 Å². The first-order chi connectivity index (χ1) is 10.1. The first-order valence-electron chi connectivity index (χ1n) is 7.01. The Balaban J connectivity index is 2.01. The molecule has 0 aliphatic rings. The molecule has 1 aromatic carbocycles. The number of ether oxygens (including phenoxy) is 1. The molecular formula is C15H21F2NO2S. The summed E-state index contributed by atoms with van der Waals surface area (Å²) in [6, 6.07) is 3.67. The zero-order valence-corrected chi connectivity index (χ0v) is 13.0. The molecule has 0 spiro atoms. The average molecular weight is 317 g/mol. The zero-order chi connectivity index (χ0) is 15.5. The molecule has 0 saturated heterocycles. The molecule has 6 heteroatoms. The first kappa shape index (κ1) is 17.9. The maximum atomic E-state index is 13.4. The molecule has 0 fully saturated rings. The molecule has 0 heterocycles. The fourth-order valence-electron chi connectivity index (χ4n) is 1.76. The van der Waals surface area contributed by atoms with Gasteiger partial charge in [-0.15, -0.1) is 11.8 Å². The smallest absolute Gasteiger partial charge is 0.315 e. The van der Waals surface area contributed by atoms with E-state index in [-0.39, 0.29) is 5.97 Å². The molecule has 21 heavy (non-hydrogen) atoms.